The van der Waals surface area contributed by atoms with Gasteiger partial charge in [-0.2, -0.15) is 0 Å². The molecule has 0 aliphatic rings. The highest BCUT2D eigenvalue weighted by molar-refractivity contribution is 7.98. The molecule has 7 nitrogen and oxygen atoms in total. The maximum absolute atomic E-state index is 14.2. The Hall–Kier alpha value is -3.30. The predicted molar refractivity (Wildman–Crippen MR) is 168 cm³/mol. The standard InChI is InChI=1S/C32H41N3O4S2/c1-7-25(5)33-32(37)30(8-2)34(21-26-12-10-9-11-24(26)4)31(36)22-35(27-15-13-23(3)14-16-27)41(38,39)29-19-17-28(40-6)18-20-29/h9-20,25,30H,7-8,21-22H2,1-6H3,(H,33,37)/t25-,30-/m0/s1. The minimum absolute atomic E-state index is 0.0550. The first kappa shape index (κ1) is 32.2. The average Bonchev–Trinajstić information content (AvgIpc) is 2.97. The molecule has 220 valence electrons. The number of hydrogen-bond acceptors (Lipinski definition) is 5. The van der Waals surface area contributed by atoms with E-state index in [4.69, 9.17) is 0 Å². The number of nitrogens with one attached hydrogen (secondary N) is 1. The third-order valence-corrected chi connectivity index (χ3v) is 9.77. The summed E-state index contributed by atoms with van der Waals surface area (Å²) in [6.07, 6.45) is 3.06. The van der Waals surface area contributed by atoms with Gasteiger partial charge in [0.15, 0.2) is 0 Å². The van der Waals surface area contributed by atoms with Crippen molar-refractivity contribution in [3.05, 3.63) is 89.5 Å². The highest BCUT2D eigenvalue weighted by Crippen LogP contribution is 2.27. The van der Waals surface area contributed by atoms with E-state index in [1.165, 1.54) is 16.7 Å². The molecule has 0 aliphatic carbocycles. The molecule has 0 unspecified atom stereocenters. The molecule has 0 saturated carbocycles. The predicted octanol–water partition coefficient (Wildman–Crippen LogP) is 5.94. The number of nitrogens with zero attached hydrogens (tertiary/aromatic N) is 2. The Labute approximate surface area is 249 Å². The van der Waals surface area contributed by atoms with Crippen molar-refractivity contribution in [3.8, 4) is 0 Å². The number of sulfonamides is 1. The van der Waals surface area contributed by atoms with E-state index in [1.807, 2.05) is 77.3 Å². The average molecular weight is 596 g/mol. The fraction of sp³-hybridized carbons (Fsp3) is 0.375. The number of rotatable bonds is 13. The number of hydrogen-bond donors (Lipinski definition) is 1. The van der Waals surface area contributed by atoms with Crippen molar-refractivity contribution in [1.82, 2.24) is 10.2 Å². The van der Waals surface area contributed by atoms with Crippen molar-refractivity contribution in [2.24, 2.45) is 0 Å². The van der Waals surface area contributed by atoms with E-state index in [0.29, 0.717) is 12.1 Å². The third kappa shape index (κ3) is 8.14. The molecule has 0 saturated heterocycles. The first-order valence-corrected chi connectivity index (χ1v) is 16.6. The molecule has 0 fully saturated rings. The second-order valence-corrected chi connectivity index (χ2v) is 13.0. The van der Waals surface area contributed by atoms with E-state index < -0.39 is 28.5 Å². The molecule has 2 amide bonds. The van der Waals surface area contributed by atoms with Gasteiger partial charge in [-0.05, 0) is 87.4 Å². The Morgan fingerprint density at radius 1 is 0.902 bits per heavy atom. The van der Waals surface area contributed by atoms with Crippen LogP contribution < -0.4 is 9.62 Å². The summed E-state index contributed by atoms with van der Waals surface area (Å²) in [4.78, 5) is 30.1. The van der Waals surface area contributed by atoms with E-state index in [-0.39, 0.29) is 23.4 Å². The molecule has 9 heteroatoms. The summed E-state index contributed by atoms with van der Waals surface area (Å²) >= 11 is 1.52. The number of carbonyl (C=O) groups is 2. The number of benzene rings is 3. The second-order valence-electron chi connectivity index (χ2n) is 10.2. The summed E-state index contributed by atoms with van der Waals surface area (Å²) in [7, 11) is -4.10. The van der Waals surface area contributed by atoms with Crippen LogP contribution in [0.15, 0.2) is 82.6 Å². The van der Waals surface area contributed by atoms with Crippen LogP contribution in [-0.2, 0) is 26.2 Å². The summed E-state index contributed by atoms with van der Waals surface area (Å²) in [6, 6.07) is 20.6. The van der Waals surface area contributed by atoms with E-state index in [2.05, 4.69) is 5.32 Å². The van der Waals surface area contributed by atoms with Crippen LogP contribution in [0.3, 0.4) is 0 Å². The molecule has 3 rings (SSSR count). The van der Waals surface area contributed by atoms with Crippen LogP contribution >= 0.6 is 11.8 Å². The van der Waals surface area contributed by atoms with Gasteiger partial charge in [-0.1, -0.05) is 55.8 Å². The zero-order valence-corrected chi connectivity index (χ0v) is 26.4. The lowest BCUT2D eigenvalue weighted by Crippen LogP contribution is -2.53. The van der Waals surface area contributed by atoms with Crippen molar-refractivity contribution < 1.29 is 18.0 Å². The second kappa shape index (κ2) is 14.5. The van der Waals surface area contributed by atoms with Crippen LogP contribution in [0.4, 0.5) is 5.69 Å². The first-order valence-electron chi connectivity index (χ1n) is 13.9. The number of carbonyl (C=O) groups excluding carboxylic acids is 2. The van der Waals surface area contributed by atoms with Gasteiger partial charge in [-0.15, -0.1) is 11.8 Å². The van der Waals surface area contributed by atoms with Gasteiger partial charge in [0.25, 0.3) is 10.0 Å². The first-order chi connectivity index (χ1) is 19.5. The Morgan fingerprint density at radius 3 is 2.10 bits per heavy atom. The van der Waals surface area contributed by atoms with E-state index >= 15 is 0 Å². The molecule has 1 N–H and O–H groups in total. The summed E-state index contributed by atoms with van der Waals surface area (Å²) < 4.78 is 29.2. The topological polar surface area (TPSA) is 86.8 Å². The normalized spacial score (nSPS) is 12.8. The molecule has 2 atom stereocenters. The molecular weight excluding hydrogens is 555 g/mol. The zero-order valence-electron chi connectivity index (χ0n) is 24.8. The van der Waals surface area contributed by atoms with Gasteiger partial charge < -0.3 is 10.2 Å². The maximum Gasteiger partial charge on any atom is 0.264 e. The largest absolute Gasteiger partial charge is 0.352 e. The van der Waals surface area contributed by atoms with Gasteiger partial charge in [0.2, 0.25) is 11.8 Å². The monoisotopic (exact) mass is 595 g/mol. The molecular formula is C32H41N3O4S2. The highest BCUT2D eigenvalue weighted by Gasteiger charge is 2.34. The molecule has 0 heterocycles. The Bertz CT molecular complexity index is 1420. The van der Waals surface area contributed by atoms with Crippen molar-refractivity contribution in [2.75, 3.05) is 17.1 Å². The minimum Gasteiger partial charge on any atom is -0.352 e. The summed E-state index contributed by atoms with van der Waals surface area (Å²) in [6.45, 7) is 9.38. The van der Waals surface area contributed by atoms with Gasteiger partial charge >= 0.3 is 0 Å². The van der Waals surface area contributed by atoms with Crippen molar-refractivity contribution in [1.29, 1.82) is 0 Å². The van der Waals surface area contributed by atoms with Gasteiger partial charge in [0.05, 0.1) is 10.6 Å². The molecule has 41 heavy (non-hydrogen) atoms. The maximum atomic E-state index is 14.2. The highest BCUT2D eigenvalue weighted by atomic mass is 32.2. The SMILES string of the molecule is CC[C@H](C)NC(=O)[C@H](CC)N(Cc1ccccc1C)C(=O)CN(c1ccc(C)cc1)S(=O)(=O)c1ccc(SC)cc1. The van der Waals surface area contributed by atoms with Gasteiger partial charge in [-0.25, -0.2) is 8.42 Å². The summed E-state index contributed by atoms with van der Waals surface area (Å²) in [5.74, 6) is -0.703. The van der Waals surface area contributed by atoms with Crippen LogP contribution in [0.2, 0.25) is 0 Å². The van der Waals surface area contributed by atoms with E-state index in [0.717, 1.165) is 32.3 Å². The number of aryl methyl sites for hydroxylation is 2. The van der Waals surface area contributed by atoms with Crippen LogP contribution in [0.25, 0.3) is 0 Å². The fourth-order valence-corrected chi connectivity index (χ4v) is 6.27. The van der Waals surface area contributed by atoms with Crippen molar-refractivity contribution in [2.45, 2.75) is 75.9 Å². The zero-order chi connectivity index (χ0) is 30.2. The van der Waals surface area contributed by atoms with Gasteiger partial charge in [0.1, 0.15) is 12.6 Å². The number of thioether (sulfide) groups is 1. The van der Waals surface area contributed by atoms with E-state index in [1.54, 1.807) is 36.4 Å². The van der Waals surface area contributed by atoms with Crippen LogP contribution in [0.5, 0.6) is 0 Å². The van der Waals surface area contributed by atoms with Crippen molar-refractivity contribution in [3.63, 3.8) is 0 Å². The van der Waals surface area contributed by atoms with Crippen molar-refractivity contribution >= 4 is 39.3 Å². The van der Waals surface area contributed by atoms with Gasteiger partial charge in [-0.3, -0.25) is 13.9 Å². The molecule has 0 bridgehead atoms. The summed E-state index contributed by atoms with van der Waals surface area (Å²) in [5.41, 5.74) is 3.23. The Balaban J connectivity index is 2.06. The Morgan fingerprint density at radius 2 is 1.54 bits per heavy atom. The molecule has 3 aromatic rings. The molecule has 0 spiro atoms. The molecule has 3 aromatic carbocycles. The van der Waals surface area contributed by atoms with Crippen LogP contribution in [0.1, 0.15) is 50.3 Å². The quantitative estimate of drug-likeness (QED) is 0.247. The molecule has 0 aliphatic heterocycles. The van der Waals surface area contributed by atoms with E-state index in [9.17, 15) is 18.0 Å². The lowest BCUT2D eigenvalue weighted by molar-refractivity contribution is -0.140. The number of amides is 2. The smallest absolute Gasteiger partial charge is 0.264 e. The van der Waals surface area contributed by atoms with Crippen LogP contribution in [0, 0.1) is 13.8 Å². The lowest BCUT2D eigenvalue weighted by Gasteiger charge is -2.34. The minimum atomic E-state index is -4.10. The third-order valence-electron chi connectivity index (χ3n) is 7.24. The Kier molecular flexibility index (Phi) is 11.4. The number of anilines is 1. The van der Waals surface area contributed by atoms with Crippen LogP contribution in [-0.4, -0.2) is 50.0 Å². The molecule has 0 radical (unpaired) electrons. The van der Waals surface area contributed by atoms with Gasteiger partial charge in [0, 0.05) is 17.5 Å². The molecule has 0 aromatic heterocycles. The lowest BCUT2D eigenvalue weighted by atomic mass is 10.1. The fourth-order valence-electron chi connectivity index (χ4n) is 4.45. The summed E-state index contributed by atoms with van der Waals surface area (Å²) in [5, 5.41) is 3.01.